The minimum absolute atomic E-state index is 0.0750. The van der Waals surface area contributed by atoms with Crippen molar-refractivity contribution >= 4 is 17.7 Å². The molecule has 0 aromatic rings. The van der Waals surface area contributed by atoms with Crippen molar-refractivity contribution in [2.45, 2.75) is 59.9 Å². The van der Waals surface area contributed by atoms with Crippen LogP contribution in [0, 0.1) is 5.41 Å². The Labute approximate surface area is 149 Å². The molecule has 1 N–H and O–H groups in total. The molecular weight excluding hydrogens is 316 g/mol. The van der Waals surface area contributed by atoms with E-state index in [1.807, 2.05) is 13.0 Å². The van der Waals surface area contributed by atoms with E-state index < -0.39 is 6.04 Å². The Bertz CT molecular complexity index is 683. The van der Waals surface area contributed by atoms with Crippen LogP contribution in [-0.2, 0) is 14.4 Å². The average Bonchev–Trinajstić information content (AvgIpc) is 2.84. The summed E-state index contributed by atoms with van der Waals surface area (Å²) in [6.07, 6.45) is 7.86. The van der Waals surface area contributed by atoms with Crippen LogP contribution in [0.15, 0.2) is 34.9 Å². The fraction of sp³-hybridized carbons (Fsp3) is 0.550. The largest absolute Gasteiger partial charge is 0.323 e. The zero-order chi connectivity index (χ0) is 18.8. The zero-order valence-corrected chi connectivity index (χ0v) is 15.8. The van der Waals surface area contributed by atoms with Crippen LogP contribution in [0.3, 0.4) is 0 Å². The summed E-state index contributed by atoms with van der Waals surface area (Å²) < 4.78 is 0. The van der Waals surface area contributed by atoms with Gasteiger partial charge in [0.15, 0.2) is 0 Å². The van der Waals surface area contributed by atoms with Crippen molar-refractivity contribution in [3.05, 3.63) is 34.9 Å². The normalized spacial score (nSPS) is 23.1. The van der Waals surface area contributed by atoms with Gasteiger partial charge in [0.05, 0.1) is 0 Å². The molecule has 0 bridgehead atoms. The third kappa shape index (κ3) is 3.91. The Balaban J connectivity index is 2.16. The van der Waals surface area contributed by atoms with Crippen molar-refractivity contribution in [3.8, 4) is 0 Å². The van der Waals surface area contributed by atoms with Gasteiger partial charge in [-0.1, -0.05) is 39.0 Å². The molecule has 2 rings (SSSR count). The Morgan fingerprint density at radius 3 is 2.56 bits per heavy atom. The minimum Gasteiger partial charge on any atom is -0.323 e. The summed E-state index contributed by atoms with van der Waals surface area (Å²) >= 11 is 0. The molecule has 0 aromatic heterocycles. The van der Waals surface area contributed by atoms with Gasteiger partial charge >= 0.3 is 0 Å². The lowest BCUT2D eigenvalue weighted by Crippen LogP contribution is -2.53. The van der Waals surface area contributed by atoms with Crippen LogP contribution in [0.2, 0.25) is 0 Å². The number of imide groups is 1. The molecular formula is C20H28N2O3. The number of rotatable bonds is 5. The summed E-state index contributed by atoms with van der Waals surface area (Å²) in [5.41, 5.74) is 2.90. The van der Waals surface area contributed by atoms with E-state index in [4.69, 9.17) is 0 Å². The first-order chi connectivity index (χ1) is 11.7. The van der Waals surface area contributed by atoms with E-state index in [0.29, 0.717) is 18.5 Å². The van der Waals surface area contributed by atoms with Crippen LogP contribution in [0.25, 0.3) is 0 Å². The van der Waals surface area contributed by atoms with Crippen molar-refractivity contribution in [2.75, 3.05) is 6.54 Å². The van der Waals surface area contributed by atoms with Gasteiger partial charge in [-0.25, -0.2) is 0 Å². The maximum absolute atomic E-state index is 12.6. The van der Waals surface area contributed by atoms with Crippen molar-refractivity contribution < 1.29 is 14.4 Å². The number of piperidine rings is 1. The first-order valence-corrected chi connectivity index (χ1v) is 8.90. The van der Waals surface area contributed by atoms with Gasteiger partial charge in [0.2, 0.25) is 11.8 Å². The number of allylic oxidation sites excluding steroid dienone is 3. The lowest BCUT2D eigenvalue weighted by atomic mass is 9.81. The van der Waals surface area contributed by atoms with E-state index in [1.54, 1.807) is 11.8 Å². The topological polar surface area (TPSA) is 66.5 Å². The van der Waals surface area contributed by atoms with Gasteiger partial charge in [0.1, 0.15) is 6.04 Å². The van der Waals surface area contributed by atoms with Gasteiger partial charge in [-0.15, -0.1) is 0 Å². The van der Waals surface area contributed by atoms with Crippen LogP contribution in [0.4, 0.5) is 0 Å². The van der Waals surface area contributed by atoms with Crippen LogP contribution in [0.5, 0.6) is 0 Å². The number of nitrogens with one attached hydrogen (secondary N) is 1. The molecule has 1 fully saturated rings. The Hall–Kier alpha value is -2.17. The van der Waals surface area contributed by atoms with Crippen LogP contribution in [0.1, 0.15) is 53.9 Å². The van der Waals surface area contributed by atoms with Gasteiger partial charge in [0, 0.05) is 18.5 Å². The molecule has 0 spiro atoms. The second-order valence-electron chi connectivity index (χ2n) is 7.36. The highest BCUT2D eigenvalue weighted by Crippen LogP contribution is 2.32. The molecule has 2 aliphatic rings. The molecule has 3 amide bonds. The molecule has 1 atom stereocenters. The Morgan fingerprint density at radius 2 is 2.00 bits per heavy atom. The van der Waals surface area contributed by atoms with E-state index in [9.17, 15) is 14.4 Å². The number of carbonyl (C=O) groups is 3. The molecule has 136 valence electrons. The summed E-state index contributed by atoms with van der Waals surface area (Å²) in [6, 6.07) is -0.556. The average molecular weight is 344 g/mol. The third-order valence-corrected chi connectivity index (χ3v) is 5.43. The number of carbonyl (C=O) groups excluding carboxylic acids is 3. The molecule has 1 unspecified atom stereocenters. The van der Waals surface area contributed by atoms with Gasteiger partial charge in [0.25, 0.3) is 5.91 Å². The number of hydrogen-bond acceptors (Lipinski definition) is 3. The van der Waals surface area contributed by atoms with E-state index in [2.05, 4.69) is 38.2 Å². The van der Waals surface area contributed by atoms with Crippen molar-refractivity contribution in [3.63, 3.8) is 0 Å². The number of hydrogen-bond donors (Lipinski definition) is 1. The minimum atomic E-state index is -0.556. The monoisotopic (exact) mass is 344 g/mol. The Morgan fingerprint density at radius 1 is 1.32 bits per heavy atom. The molecule has 2 heterocycles. The summed E-state index contributed by atoms with van der Waals surface area (Å²) in [4.78, 5) is 37.5. The SMILES string of the molecule is C/C=C(\C=C/C1=C(C)C(=O)N(C2CCC(=O)NC2=O)C1)C(C)(C)CC. The van der Waals surface area contributed by atoms with E-state index in [0.717, 1.165) is 12.0 Å². The molecule has 2 aliphatic heterocycles. The first-order valence-electron chi connectivity index (χ1n) is 8.90. The fourth-order valence-corrected chi connectivity index (χ4v) is 3.24. The number of nitrogens with zero attached hydrogens (tertiary/aromatic N) is 1. The van der Waals surface area contributed by atoms with E-state index in [-0.39, 0.29) is 29.6 Å². The Kier molecular flexibility index (Phi) is 5.65. The molecule has 0 saturated carbocycles. The second kappa shape index (κ2) is 7.38. The lowest BCUT2D eigenvalue weighted by Gasteiger charge is -2.29. The standard InChI is InChI=1S/C20H28N2O3/c1-6-15(20(4,5)7-2)9-8-14-12-22(19(25)13(14)3)16-10-11-17(23)21-18(16)24/h6,8-9,16H,7,10-12H2,1-5H3,(H,21,23,24)/b9-8-,15-6+. The quantitative estimate of drug-likeness (QED) is 0.616. The molecule has 5 nitrogen and oxygen atoms in total. The van der Waals surface area contributed by atoms with Crippen LogP contribution < -0.4 is 5.32 Å². The van der Waals surface area contributed by atoms with Crippen LogP contribution >= 0.6 is 0 Å². The molecule has 0 radical (unpaired) electrons. The summed E-state index contributed by atoms with van der Waals surface area (Å²) in [5, 5.41) is 2.33. The molecule has 1 saturated heterocycles. The van der Waals surface area contributed by atoms with E-state index >= 15 is 0 Å². The zero-order valence-electron chi connectivity index (χ0n) is 15.8. The third-order valence-electron chi connectivity index (χ3n) is 5.43. The summed E-state index contributed by atoms with van der Waals surface area (Å²) in [5.74, 6) is -0.757. The summed E-state index contributed by atoms with van der Waals surface area (Å²) in [6.45, 7) is 10.8. The van der Waals surface area contributed by atoms with Crippen molar-refractivity contribution in [2.24, 2.45) is 5.41 Å². The fourth-order valence-electron chi connectivity index (χ4n) is 3.24. The molecule has 5 heteroatoms. The van der Waals surface area contributed by atoms with Crippen molar-refractivity contribution in [1.29, 1.82) is 0 Å². The molecule has 0 aromatic carbocycles. The van der Waals surface area contributed by atoms with Crippen molar-refractivity contribution in [1.82, 2.24) is 10.2 Å². The predicted molar refractivity (Wildman–Crippen MR) is 97.6 cm³/mol. The molecule has 25 heavy (non-hydrogen) atoms. The highest BCUT2D eigenvalue weighted by atomic mass is 16.2. The maximum Gasteiger partial charge on any atom is 0.250 e. The highest BCUT2D eigenvalue weighted by Gasteiger charge is 2.38. The maximum atomic E-state index is 12.6. The lowest BCUT2D eigenvalue weighted by molar-refractivity contribution is -0.142. The smallest absolute Gasteiger partial charge is 0.250 e. The van der Waals surface area contributed by atoms with E-state index in [1.165, 1.54) is 5.57 Å². The second-order valence-corrected chi connectivity index (χ2v) is 7.36. The predicted octanol–water partition coefficient (Wildman–Crippen LogP) is 2.89. The molecule has 0 aliphatic carbocycles. The van der Waals surface area contributed by atoms with Gasteiger partial charge in [-0.05, 0) is 43.3 Å². The van der Waals surface area contributed by atoms with Gasteiger partial charge in [-0.2, -0.15) is 0 Å². The summed E-state index contributed by atoms with van der Waals surface area (Å²) in [7, 11) is 0. The highest BCUT2D eigenvalue weighted by molar-refractivity contribution is 6.05. The number of amides is 3. The first kappa shape index (κ1) is 19.2. The van der Waals surface area contributed by atoms with Crippen LogP contribution in [-0.4, -0.2) is 35.2 Å². The van der Waals surface area contributed by atoms with Gasteiger partial charge in [-0.3, -0.25) is 19.7 Å². The van der Waals surface area contributed by atoms with Gasteiger partial charge < -0.3 is 4.90 Å².